The van der Waals surface area contributed by atoms with Crippen molar-refractivity contribution in [2.75, 3.05) is 7.11 Å². The summed E-state index contributed by atoms with van der Waals surface area (Å²) in [5, 5.41) is 0. The summed E-state index contributed by atoms with van der Waals surface area (Å²) in [7, 11) is 1.28. The van der Waals surface area contributed by atoms with Crippen LogP contribution in [0.2, 0.25) is 0 Å². The number of nitrogens with two attached hydrogens (primary N) is 1. The van der Waals surface area contributed by atoms with Gasteiger partial charge in [0.2, 0.25) is 5.88 Å². The Balaban J connectivity index is 1.76. The molecule has 1 atom stereocenters. The molecule has 0 saturated heterocycles. The molecular weight excluding hydrogens is 462 g/mol. The number of methoxy groups -OCH3 is 1. The third kappa shape index (κ3) is 4.23. The molecule has 2 N–H and O–H groups in total. The van der Waals surface area contributed by atoms with Crippen LogP contribution in [0.25, 0.3) is 0 Å². The second kappa shape index (κ2) is 8.98. The quantitative estimate of drug-likeness (QED) is 0.630. The van der Waals surface area contributed by atoms with Crippen LogP contribution in [0.5, 0.6) is 5.75 Å². The molecular formula is C24H22BrNO5. The Morgan fingerprint density at radius 2 is 1.90 bits per heavy atom. The van der Waals surface area contributed by atoms with Gasteiger partial charge in [-0.2, -0.15) is 0 Å². The molecule has 1 aliphatic heterocycles. The van der Waals surface area contributed by atoms with E-state index in [2.05, 4.69) is 15.9 Å². The highest BCUT2D eigenvalue weighted by Gasteiger charge is 2.42. The van der Waals surface area contributed by atoms with Crippen LogP contribution in [-0.2, 0) is 25.7 Å². The van der Waals surface area contributed by atoms with E-state index in [0.717, 1.165) is 10.0 Å². The SMILES string of the molecule is COC(=O)C1=C(N)OC2=C(C(=O)CCC2)[C@@H]1c1ccccc1OCc1ccc(Br)cc1. The molecule has 0 saturated carbocycles. The maximum absolute atomic E-state index is 12.9. The third-order valence-electron chi connectivity index (χ3n) is 5.43. The predicted molar refractivity (Wildman–Crippen MR) is 118 cm³/mol. The van der Waals surface area contributed by atoms with Gasteiger partial charge < -0.3 is 19.9 Å². The van der Waals surface area contributed by atoms with Crippen LogP contribution in [0.15, 0.2) is 75.8 Å². The first-order chi connectivity index (χ1) is 15.0. The van der Waals surface area contributed by atoms with E-state index in [1.807, 2.05) is 48.5 Å². The summed E-state index contributed by atoms with van der Waals surface area (Å²) in [4.78, 5) is 25.5. The van der Waals surface area contributed by atoms with E-state index in [-0.39, 0.29) is 17.2 Å². The van der Waals surface area contributed by atoms with Crippen molar-refractivity contribution in [1.29, 1.82) is 0 Å². The molecule has 2 aromatic rings. The number of benzene rings is 2. The molecule has 0 bridgehead atoms. The summed E-state index contributed by atoms with van der Waals surface area (Å²) in [6, 6.07) is 15.2. The normalized spacial score (nSPS) is 18.4. The summed E-state index contributed by atoms with van der Waals surface area (Å²) in [6.07, 6.45) is 1.68. The number of halogens is 1. The largest absolute Gasteiger partial charge is 0.489 e. The van der Waals surface area contributed by atoms with Crippen molar-refractivity contribution in [3.05, 3.63) is 86.9 Å². The first-order valence-electron chi connectivity index (χ1n) is 9.97. The zero-order valence-corrected chi connectivity index (χ0v) is 18.6. The molecule has 4 rings (SSSR count). The summed E-state index contributed by atoms with van der Waals surface area (Å²) >= 11 is 3.43. The van der Waals surface area contributed by atoms with E-state index >= 15 is 0 Å². The van der Waals surface area contributed by atoms with Crippen LogP contribution in [0.4, 0.5) is 0 Å². The van der Waals surface area contributed by atoms with E-state index in [9.17, 15) is 9.59 Å². The zero-order chi connectivity index (χ0) is 22.0. The van der Waals surface area contributed by atoms with E-state index < -0.39 is 11.9 Å². The van der Waals surface area contributed by atoms with E-state index in [1.54, 1.807) is 0 Å². The lowest BCUT2D eigenvalue weighted by Crippen LogP contribution is -2.31. The summed E-state index contributed by atoms with van der Waals surface area (Å²) in [5.41, 5.74) is 8.37. The summed E-state index contributed by atoms with van der Waals surface area (Å²) < 4.78 is 17.8. The number of carbonyl (C=O) groups is 2. The maximum Gasteiger partial charge on any atom is 0.340 e. The Morgan fingerprint density at radius 1 is 1.16 bits per heavy atom. The second-order valence-corrected chi connectivity index (χ2v) is 8.29. The molecule has 31 heavy (non-hydrogen) atoms. The fourth-order valence-electron chi connectivity index (χ4n) is 3.97. The highest BCUT2D eigenvalue weighted by molar-refractivity contribution is 9.10. The van der Waals surface area contributed by atoms with E-state index in [0.29, 0.717) is 48.5 Å². The number of allylic oxidation sites excluding steroid dienone is 2. The lowest BCUT2D eigenvalue weighted by atomic mass is 9.77. The monoisotopic (exact) mass is 483 g/mol. The van der Waals surface area contributed by atoms with Gasteiger partial charge in [0.05, 0.1) is 13.0 Å². The van der Waals surface area contributed by atoms with Gasteiger partial charge in [-0.25, -0.2) is 4.79 Å². The van der Waals surface area contributed by atoms with Gasteiger partial charge >= 0.3 is 5.97 Å². The van der Waals surface area contributed by atoms with Crippen molar-refractivity contribution in [3.63, 3.8) is 0 Å². The summed E-state index contributed by atoms with van der Waals surface area (Å²) in [5.74, 6) is -0.331. The zero-order valence-electron chi connectivity index (χ0n) is 17.0. The average Bonchev–Trinajstić information content (AvgIpc) is 2.78. The van der Waals surface area contributed by atoms with Crippen molar-refractivity contribution >= 4 is 27.7 Å². The number of ketones is 1. The first-order valence-corrected chi connectivity index (χ1v) is 10.8. The molecule has 0 amide bonds. The summed E-state index contributed by atoms with van der Waals surface area (Å²) in [6.45, 7) is 0.333. The van der Waals surface area contributed by atoms with Gasteiger partial charge in [-0.3, -0.25) is 4.79 Å². The van der Waals surface area contributed by atoms with E-state index in [1.165, 1.54) is 7.11 Å². The van der Waals surface area contributed by atoms with Crippen LogP contribution in [0.1, 0.15) is 36.3 Å². The fourth-order valence-corrected chi connectivity index (χ4v) is 4.23. The molecule has 6 nitrogen and oxygen atoms in total. The van der Waals surface area contributed by atoms with Crippen LogP contribution < -0.4 is 10.5 Å². The second-order valence-electron chi connectivity index (χ2n) is 7.37. The number of hydrogen-bond donors (Lipinski definition) is 1. The predicted octanol–water partition coefficient (Wildman–Crippen LogP) is 4.49. The number of carbonyl (C=O) groups excluding carboxylic acids is 2. The van der Waals surface area contributed by atoms with Crippen LogP contribution >= 0.6 is 15.9 Å². The molecule has 0 spiro atoms. The molecule has 1 aliphatic carbocycles. The van der Waals surface area contributed by atoms with Crippen LogP contribution in [0.3, 0.4) is 0 Å². The van der Waals surface area contributed by atoms with Gasteiger partial charge in [0.15, 0.2) is 5.78 Å². The Hall–Kier alpha value is -3.06. The van der Waals surface area contributed by atoms with Gasteiger partial charge in [0, 0.05) is 28.5 Å². The van der Waals surface area contributed by atoms with Gasteiger partial charge in [-0.1, -0.05) is 46.3 Å². The van der Waals surface area contributed by atoms with Gasteiger partial charge in [-0.05, 0) is 30.2 Å². The number of esters is 1. The molecule has 2 aliphatic rings. The minimum absolute atomic E-state index is 0.0342. The van der Waals surface area contributed by atoms with Gasteiger partial charge in [0.25, 0.3) is 0 Å². The first kappa shape index (κ1) is 21.2. The molecule has 2 aromatic carbocycles. The number of hydrogen-bond acceptors (Lipinski definition) is 6. The number of rotatable bonds is 5. The number of Topliss-reactive ketones (excluding diaryl/α,β-unsaturated/α-hetero) is 1. The lowest BCUT2D eigenvalue weighted by Gasteiger charge is -2.32. The van der Waals surface area contributed by atoms with Crippen LogP contribution in [0, 0.1) is 0 Å². The standard InChI is InChI=1S/C24H22BrNO5/c1-29-24(28)22-20(21-17(27)6-4-8-19(21)31-23(22)26)16-5-2-3-7-18(16)30-13-14-9-11-15(25)12-10-14/h2-3,5,7,9-12,20H,4,6,8,13,26H2,1H3/t20-/m0/s1. The maximum atomic E-state index is 12.9. The minimum Gasteiger partial charge on any atom is -0.489 e. The Kier molecular flexibility index (Phi) is 6.13. The molecule has 7 heteroatoms. The van der Waals surface area contributed by atoms with Crippen molar-refractivity contribution in [3.8, 4) is 5.75 Å². The Bertz CT molecular complexity index is 1090. The molecule has 0 radical (unpaired) electrons. The Morgan fingerprint density at radius 3 is 2.65 bits per heavy atom. The highest BCUT2D eigenvalue weighted by atomic mass is 79.9. The topological polar surface area (TPSA) is 87.9 Å². The van der Waals surface area contributed by atoms with E-state index in [4.69, 9.17) is 19.9 Å². The van der Waals surface area contributed by atoms with Crippen molar-refractivity contribution in [2.24, 2.45) is 5.73 Å². The molecule has 0 fully saturated rings. The Labute approximate surface area is 188 Å². The molecule has 160 valence electrons. The number of ether oxygens (including phenoxy) is 3. The highest BCUT2D eigenvalue weighted by Crippen LogP contribution is 2.46. The van der Waals surface area contributed by atoms with Crippen molar-refractivity contribution in [1.82, 2.24) is 0 Å². The molecule has 0 unspecified atom stereocenters. The van der Waals surface area contributed by atoms with Crippen LogP contribution in [-0.4, -0.2) is 18.9 Å². The third-order valence-corrected chi connectivity index (χ3v) is 5.96. The number of para-hydroxylation sites is 1. The van der Waals surface area contributed by atoms with Gasteiger partial charge in [0.1, 0.15) is 23.7 Å². The van der Waals surface area contributed by atoms with Gasteiger partial charge in [-0.15, -0.1) is 0 Å². The average molecular weight is 484 g/mol. The lowest BCUT2D eigenvalue weighted by molar-refractivity contribution is -0.136. The molecule has 0 aromatic heterocycles. The molecule has 1 heterocycles. The minimum atomic E-state index is -0.704. The van der Waals surface area contributed by atoms with Crippen molar-refractivity contribution < 1.29 is 23.8 Å². The fraction of sp³-hybridized carbons (Fsp3) is 0.250. The van der Waals surface area contributed by atoms with Crippen molar-refractivity contribution in [2.45, 2.75) is 31.8 Å². The smallest absolute Gasteiger partial charge is 0.340 e.